The van der Waals surface area contributed by atoms with Gasteiger partial charge in [0.15, 0.2) is 0 Å². The minimum Gasteiger partial charge on any atom is -0.461 e. The van der Waals surface area contributed by atoms with E-state index >= 15 is 0 Å². The third-order valence-corrected chi connectivity index (χ3v) is 1.42. The Balaban J connectivity index is 2.74. The van der Waals surface area contributed by atoms with Crippen LogP contribution in [0.2, 0.25) is 0 Å². The van der Waals surface area contributed by atoms with Gasteiger partial charge >= 0.3 is 5.97 Å². The maximum Gasteiger partial charge on any atom is 0.354 e. The summed E-state index contributed by atoms with van der Waals surface area (Å²) in [6.45, 7) is 2.02. The van der Waals surface area contributed by atoms with Gasteiger partial charge in [-0.3, -0.25) is 0 Å². The smallest absolute Gasteiger partial charge is 0.354 e. The predicted molar refractivity (Wildman–Crippen MR) is 50.8 cm³/mol. The zero-order valence-corrected chi connectivity index (χ0v) is 7.80. The van der Waals surface area contributed by atoms with E-state index in [2.05, 4.69) is 9.97 Å². The number of nitrogens with two attached hydrogens (primary N) is 1. The fourth-order valence-electron chi connectivity index (χ4n) is 0.819. The Morgan fingerprint density at radius 1 is 1.71 bits per heavy atom. The van der Waals surface area contributed by atoms with Gasteiger partial charge in [0.05, 0.1) is 12.3 Å². The van der Waals surface area contributed by atoms with Crippen LogP contribution in [0.3, 0.4) is 0 Å². The first-order chi connectivity index (χ1) is 6.74. The molecule has 0 unspecified atom stereocenters. The molecule has 1 rings (SSSR count). The van der Waals surface area contributed by atoms with Crippen molar-refractivity contribution in [1.29, 1.82) is 0 Å². The van der Waals surface area contributed by atoms with Crippen LogP contribution in [0.15, 0.2) is 24.3 Å². The van der Waals surface area contributed by atoms with Gasteiger partial charge in [-0.2, -0.15) is 0 Å². The van der Waals surface area contributed by atoms with Crippen LogP contribution < -0.4 is 5.73 Å². The Kier molecular flexibility index (Phi) is 3.60. The van der Waals surface area contributed by atoms with Crippen LogP contribution in [0.25, 0.3) is 6.08 Å². The number of nitrogens with zero attached hydrogens (tertiary/aromatic N) is 2. The summed E-state index contributed by atoms with van der Waals surface area (Å²) in [5.41, 5.74) is 6.07. The highest BCUT2D eigenvalue weighted by Gasteiger charge is 2.05. The van der Waals surface area contributed by atoms with Crippen molar-refractivity contribution in [3.63, 3.8) is 0 Å². The molecule has 1 aromatic heterocycles. The first kappa shape index (κ1) is 10.2. The van der Waals surface area contributed by atoms with Crippen LogP contribution in [0.5, 0.6) is 0 Å². The Labute approximate surface area is 81.6 Å². The summed E-state index contributed by atoms with van der Waals surface area (Å²) in [7, 11) is 0. The van der Waals surface area contributed by atoms with Gasteiger partial charge in [0.25, 0.3) is 0 Å². The average Bonchev–Trinajstić information content (AvgIpc) is 2.19. The van der Waals surface area contributed by atoms with Gasteiger partial charge in [-0.25, -0.2) is 14.8 Å². The van der Waals surface area contributed by atoms with Crippen LogP contribution in [0, 0.1) is 0 Å². The highest BCUT2D eigenvalue weighted by atomic mass is 16.5. The highest BCUT2D eigenvalue weighted by molar-refractivity contribution is 5.92. The summed E-state index contributed by atoms with van der Waals surface area (Å²) in [6, 6.07) is 1.64. The van der Waals surface area contributed by atoms with Crippen molar-refractivity contribution >= 4 is 12.0 Å². The number of rotatable bonds is 3. The van der Waals surface area contributed by atoms with Gasteiger partial charge in [0.1, 0.15) is 12.0 Å². The summed E-state index contributed by atoms with van der Waals surface area (Å²) in [4.78, 5) is 18.7. The summed E-state index contributed by atoms with van der Waals surface area (Å²) < 4.78 is 4.70. The van der Waals surface area contributed by atoms with Gasteiger partial charge in [-0.15, -0.1) is 0 Å². The molecule has 0 amide bonds. The summed E-state index contributed by atoms with van der Waals surface area (Å²) in [5.74, 6) is -0.536. The average molecular weight is 193 g/mol. The molecule has 1 aromatic rings. The molecule has 2 N–H and O–H groups in total. The Bertz CT molecular complexity index is 335. The van der Waals surface area contributed by atoms with E-state index in [1.807, 2.05) is 0 Å². The Morgan fingerprint density at radius 2 is 2.50 bits per heavy atom. The van der Waals surface area contributed by atoms with E-state index in [1.165, 1.54) is 12.4 Å². The van der Waals surface area contributed by atoms with E-state index in [1.54, 1.807) is 19.2 Å². The van der Waals surface area contributed by atoms with Gasteiger partial charge < -0.3 is 10.5 Å². The van der Waals surface area contributed by atoms with Crippen molar-refractivity contribution in [1.82, 2.24) is 9.97 Å². The lowest BCUT2D eigenvalue weighted by atomic mass is 10.3. The molecular weight excluding hydrogens is 182 g/mol. The third kappa shape index (κ3) is 2.85. The van der Waals surface area contributed by atoms with E-state index in [0.29, 0.717) is 12.3 Å². The molecule has 1 heterocycles. The van der Waals surface area contributed by atoms with Crippen LogP contribution in [-0.4, -0.2) is 22.5 Å². The van der Waals surface area contributed by atoms with Crippen molar-refractivity contribution < 1.29 is 9.53 Å². The summed E-state index contributed by atoms with van der Waals surface area (Å²) >= 11 is 0. The molecule has 0 aromatic carbocycles. The number of ether oxygens (including phenoxy) is 1. The monoisotopic (exact) mass is 193 g/mol. The quantitative estimate of drug-likeness (QED) is 0.553. The zero-order chi connectivity index (χ0) is 10.4. The molecule has 0 aliphatic carbocycles. The van der Waals surface area contributed by atoms with Crippen molar-refractivity contribution in [2.24, 2.45) is 5.73 Å². The summed E-state index contributed by atoms with van der Waals surface area (Å²) in [5, 5.41) is 0. The normalized spacial score (nSPS) is 11.1. The number of aromatic nitrogens is 2. The molecule has 0 atom stereocenters. The maximum atomic E-state index is 11.1. The van der Waals surface area contributed by atoms with Gasteiger partial charge in [0, 0.05) is 6.20 Å². The minimum atomic E-state index is -0.536. The van der Waals surface area contributed by atoms with Crippen molar-refractivity contribution in [2.45, 2.75) is 6.92 Å². The van der Waals surface area contributed by atoms with E-state index in [-0.39, 0.29) is 5.70 Å². The van der Waals surface area contributed by atoms with Crippen LogP contribution >= 0.6 is 0 Å². The van der Waals surface area contributed by atoms with Crippen LogP contribution in [0.1, 0.15) is 12.6 Å². The van der Waals surface area contributed by atoms with Crippen molar-refractivity contribution in [2.75, 3.05) is 6.61 Å². The van der Waals surface area contributed by atoms with E-state index < -0.39 is 5.97 Å². The molecule has 0 radical (unpaired) electrons. The fourth-order valence-corrected chi connectivity index (χ4v) is 0.819. The van der Waals surface area contributed by atoms with Gasteiger partial charge in [0.2, 0.25) is 0 Å². The third-order valence-electron chi connectivity index (χ3n) is 1.42. The second-order valence-electron chi connectivity index (χ2n) is 2.45. The lowest BCUT2D eigenvalue weighted by Crippen LogP contribution is -2.14. The molecule has 0 saturated carbocycles. The van der Waals surface area contributed by atoms with Crippen molar-refractivity contribution in [3.05, 3.63) is 30.0 Å². The van der Waals surface area contributed by atoms with Gasteiger partial charge in [-0.1, -0.05) is 0 Å². The fraction of sp³-hybridized carbons (Fsp3) is 0.222. The summed E-state index contributed by atoms with van der Waals surface area (Å²) in [6.07, 6.45) is 4.39. The molecule has 0 bridgehead atoms. The zero-order valence-electron chi connectivity index (χ0n) is 7.80. The van der Waals surface area contributed by atoms with E-state index in [9.17, 15) is 4.79 Å². The molecule has 14 heavy (non-hydrogen) atoms. The lowest BCUT2D eigenvalue weighted by Gasteiger charge is -2.00. The molecular formula is C9H11N3O2. The SMILES string of the molecule is CCOC(=O)/C(N)=C/c1ccncn1. The standard InChI is InChI=1S/C9H11N3O2/c1-2-14-9(13)8(10)5-7-3-4-11-6-12-7/h3-6H,2,10H2,1H3/b8-5-. The second-order valence-corrected chi connectivity index (χ2v) is 2.45. The topological polar surface area (TPSA) is 78.1 Å². The van der Waals surface area contributed by atoms with E-state index in [0.717, 1.165) is 0 Å². The van der Waals surface area contributed by atoms with Gasteiger partial charge in [-0.05, 0) is 19.1 Å². The molecule has 74 valence electrons. The predicted octanol–water partition coefficient (Wildman–Crippen LogP) is 0.339. The Hall–Kier alpha value is -1.91. The molecule has 0 fully saturated rings. The molecule has 5 heteroatoms. The number of carbonyl (C=O) groups is 1. The molecule has 0 aliphatic heterocycles. The van der Waals surface area contributed by atoms with Crippen molar-refractivity contribution in [3.8, 4) is 0 Å². The molecule has 0 spiro atoms. The first-order valence-corrected chi connectivity index (χ1v) is 4.14. The van der Waals surface area contributed by atoms with Crippen LogP contribution in [0.4, 0.5) is 0 Å². The number of hydrogen-bond acceptors (Lipinski definition) is 5. The molecule has 0 saturated heterocycles. The number of carbonyl (C=O) groups excluding carboxylic acids is 1. The largest absolute Gasteiger partial charge is 0.461 e. The first-order valence-electron chi connectivity index (χ1n) is 4.14. The number of hydrogen-bond donors (Lipinski definition) is 1. The van der Waals surface area contributed by atoms with E-state index in [4.69, 9.17) is 10.5 Å². The maximum absolute atomic E-state index is 11.1. The molecule has 0 aliphatic rings. The highest BCUT2D eigenvalue weighted by Crippen LogP contribution is 1.99. The molecule has 5 nitrogen and oxygen atoms in total. The minimum absolute atomic E-state index is 0.0329. The lowest BCUT2D eigenvalue weighted by molar-refractivity contribution is -0.138. The Morgan fingerprint density at radius 3 is 3.07 bits per heavy atom. The second kappa shape index (κ2) is 4.96. The number of esters is 1. The van der Waals surface area contributed by atoms with Crippen LogP contribution in [-0.2, 0) is 9.53 Å².